The molecule has 1 aromatic carbocycles. The maximum Gasteiger partial charge on any atom is 0.355 e. The third-order valence-corrected chi connectivity index (χ3v) is 4.51. The molecule has 2 heterocycles. The normalized spacial score (nSPS) is 17.5. The van der Waals surface area contributed by atoms with E-state index in [4.69, 9.17) is 14.2 Å². The molecule has 0 bridgehead atoms. The first kappa shape index (κ1) is 18.2. The number of methoxy groups -OCH3 is 2. The second kappa shape index (κ2) is 7.74. The second-order valence-corrected chi connectivity index (χ2v) is 6.02. The summed E-state index contributed by atoms with van der Waals surface area (Å²) in [5.41, 5.74) is 0.897. The molecule has 0 aliphatic carbocycles. The fourth-order valence-corrected chi connectivity index (χ4v) is 3.31. The fraction of sp³-hybridized carbons (Fsp3) is 0.444. The van der Waals surface area contributed by atoms with Crippen molar-refractivity contribution in [3.63, 3.8) is 0 Å². The first-order valence-electron chi connectivity index (χ1n) is 8.37. The minimum absolute atomic E-state index is 0.00474. The van der Waals surface area contributed by atoms with Crippen molar-refractivity contribution in [2.75, 3.05) is 50.4 Å². The van der Waals surface area contributed by atoms with E-state index in [-0.39, 0.29) is 30.4 Å². The molecule has 26 heavy (non-hydrogen) atoms. The van der Waals surface area contributed by atoms with Crippen LogP contribution in [0.15, 0.2) is 29.5 Å². The van der Waals surface area contributed by atoms with Crippen LogP contribution in [0.4, 0.5) is 15.8 Å². The van der Waals surface area contributed by atoms with Crippen molar-refractivity contribution in [3.05, 3.63) is 35.3 Å². The van der Waals surface area contributed by atoms with Gasteiger partial charge in [0.15, 0.2) is 0 Å². The highest BCUT2D eigenvalue weighted by Crippen LogP contribution is 2.38. The summed E-state index contributed by atoms with van der Waals surface area (Å²) in [7, 11) is 2.45. The molecule has 0 spiro atoms. The van der Waals surface area contributed by atoms with E-state index in [1.807, 2.05) is 4.90 Å². The average Bonchev–Trinajstić information content (AvgIpc) is 3.20. The lowest BCUT2D eigenvalue weighted by Crippen LogP contribution is -2.39. The van der Waals surface area contributed by atoms with Crippen LogP contribution in [-0.4, -0.2) is 52.6 Å². The molecular weight excluding hydrogens is 343 g/mol. The number of halogens is 1. The van der Waals surface area contributed by atoms with Crippen LogP contribution in [0.2, 0.25) is 0 Å². The van der Waals surface area contributed by atoms with Gasteiger partial charge in [-0.1, -0.05) is 6.07 Å². The van der Waals surface area contributed by atoms with Gasteiger partial charge in [0.2, 0.25) is 0 Å². The number of para-hydroxylation sites is 1. The lowest BCUT2D eigenvalue weighted by molar-refractivity contribution is -0.140. The van der Waals surface area contributed by atoms with Crippen LogP contribution in [0.25, 0.3) is 0 Å². The van der Waals surface area contributed by atoms with E-state index in [9.17, 15) is 14.0 Å². The molecule has 0 saturated carbocycles. The molecule has 0 amide bonds. The fourth-order valence-electron chi connectivity index (χ4n) is 3.31. The SMILES string of the molecule is COC(=O)C1=C(C(=O)OC)N(c2cccc(F)c2N2CCCC2)COC1. The minimum atomic E-state index is -0.703. The van der Waals surface area contributed by atoms with E-state index in [1.54, 1.807) is 12.1 Å². The van der Waals surface area contributed by atoms with Gasteiger partial charge in [-0.25, -0.2) is 14.0 Å². The van der Waals surface area contributed by atoms with Crippen molar-refractivity contribution in [2.45, 2.75) is 12.8 Å². The highest BCUT2D eigenvalue weighted by molar-refractivity contribution is 6.04. The number of hydrogen-bond acceptors (Lipinski definition) is 7. The molecule has 2 aliphatic rings. The number of benzene rings is 1. The number of hydrogen-bond donors (Lipinski definition) is 0. The molecule has 1 aromatic rings. The Labute approximate surface area is 150 Å². The van der Waals surface area contributed by atoms with Crippen LogP contribution in [0, 0.1) is 5.82 Å². The zero-order valence-electron chi connectivity index (χ0n) is 14.8. The molecule has 8 heteroatoms. The number of carbonyl (C=O) groups is 2. The predicted molar refractivity (Wildman–Crippen MR) is 92.2 cm³/mol. The molecule has 2 aliphatic heterocycles. The first-order valence-corrected chi connectivity index (χ1v) is 8.37. The quantitative estimate of drug-likeness (QED) is 0.755. The van der Waals surface area contributed by atoms with Crippen LogP contribution in [0.3, 0.4) is 0 Å². The maximum absolute atomic E-state index is 14.7. The molecule has 7 nitrogen and oxygen atoms in total. The van der Waals surface area contributed by atoms with Gasteiger partial charge in [0, 0.05) is 13.1 Å². The van der Waals surface area contributed by atoms with Crippen molar-refractivity contribution in [3.8, 4) is 0 Å². The second-order valence-electron chi connectivity index (χ2n) is 6.02. The summed E-state index contributed by atoms with van der Waals surface area (Å²) < 4.78 is 29.7. The lowest BCUT2D eigenvalue weighted by atomic mass is 10.1. The number of anilines is 2. The molecule has 0 N–H and O–H groups in total. The number of esters is 2. The molecular formula is C18H21FN2O5. The molecule has 1 fully saturated rings. The Morgan fingerprint density at radius 2 is 1.81 bits per heavy atom. The number of rotatable bonds is 4. The summed E-state index contributed by atoms with van der Waals surface area (Å²) >= 11 is 0. The molecule has 0 aromatic heterocycles. The Hall–Kier alpha value is -2.61. The van der Waals surface area contributed by atoms with Crippen LogP contribution < -0.4 is 9.80 Å². The van der Waals surface area contributed by atoms with Gasteiger partial charge in [0.05, 0.1) is 37.8 Å². The third kappa shape index (κ3) is 3.24. The van der Waals surface area contributed by atoms with Crippen LogP contribution >= 0.6 is 0 Å². The van der Waals surface area contributed by atoms with Crippen LogP contribution in [0.5, 0.6) is 0 Å². The molecule has 3 rings (SSSR count). The Morgan fingerprint density at radius 3 is 2.46 bits per heavy atom. The molecule has 1 saturated heterocycles. The summed E-state index contributed by atoms with van der Waals surface area (Å²) in [4.78, 5) is 27.9. The van der Waals surface area contributed by atoms with E-state index in [0.29, 0.717) is 11.4 Å². The van der Waals surface area contributed by atoms with E-state index in [0.717, 1.165) is 25.9 Å². The molecule has 0 unspecified atom stereocenters. The number of carbonyl (C=O) groups excluding carboxylic acids is 2. The largest absolute Gasteiger partial charge is 0.466 e. The van der Waals surface area contributed by atoms with Gasteiger partial charge in [-0.3, -0.25) is 0 Å². The van der Waals surface area contributed by atoms with E-state index >= 15 is 0 Å². The van der Waals surface area contributed by atoms with Crippen molar-refractivity contribution >= 4 is 23.3 Å². The highest BCUT2D eigenvalue weighted by atomic mass is 19.1. The highest BCUT2D eigenvalue weighted by Gasteiger charge is 2.34. The predicted octanol–water partition coefficient (Wildman–Crippen LogP) is 1.82. The van der Waals surface area contributed by atoms with Gasteiger partial charge in [0.25, 0.3) is 0 Å². The van der Waals surface area contributed by atoms with Gasteiger partial charge in [-0.05, 0) is 25.0 Å². The first-order chi connectivity index (χ1) is 12.6. The topological polar surface area (TPSA) is 68.3 Å². The Kier molecular flexibility index (Phi) is 5.41. The average molecular weight is 364 g/mol. The standard InChI is InChI=1S/C18H21FN2O5/c1-24-17(22)12-10-26-11-21(15(12)18(23)25-2)14-7-5-6-13(19)16(14)20-8-3-4-9-20/h5-7H,3-4,8-11H2,1-2H3. The van der Waals surface area contributed by atoms with Gasteiger partial charge < -0.3 is 24.0 Å². The van der Waals surface area contributed by atoms with Crippen molar-refractivity contribution in [1.29, 1.82) is 0 Å². The number of ether oxygens (including phenoxy) is 3. The Balaban J connectivity index is 2.14. The van der Waals surface area contributed by atoms with Crippen molar-refractivity contribution < 1.29 is 28.2 Å². The van der Waals surface area contributed by atoms with Gasteiger partial charge >= 0.3 is 11.9 Å². The van der Waals surface area contributed by atoms with Gasteiger partial charge in [0.1, 0.15) is 18.2 Å². The van der Waals surface area contributed by atoms with Crippen LogP contribution in [-0.2, 0) is 23.8 Å². The maximum atomic E-state index is 14.7. The summed E-state index contributed by atoms with van der Waals surface area (Å²) in [6.07, 6.45) is 1.94. The van der Waals surface area contributed by atoms with Gasteiger partial charge in [-0.15, -0.1) is 0 Å². The Bertz CT molecular complexity index is 743. The zero-order chi connectivity index (χ0) is 18.7. The van der Waals surface area contributed by atoms with E-state index in [1.165, 1.54) is 25.2 Å². The lowest BCUT2D eigenvalue weighted by Gasteiger charge is -2.34. The van der Waals surface area contributed by atoms with E-state index < -0.39 is 11.9 Å². The summed E-state index contributed by atoms with van der Waals surface area (Å²) in [5, 5.41) is 0. The summed E-state index contributed by atoms with van der Waals surface area (Å²) in [6.45, 7) is 1.37. The van der Waals surface area contributed by atoms with Gasteiger partial charge in [-0.2, -0.15) is 0 Å². The monoisotopic (exact) mass is 364 g/mol. The molecule has 0 atom stereocenters. The van der Waals surface area contributed by atoms with Crippen LogP contribution in [0.1, 0.15) is 12.8 Å². The third-order valence-electron chi connectivity index (χ3n) is 4.51. The van der Waals surface area contributed by atoms with E-state index in [2.05, 4.69) is 0 Å². The molecule has 140 valence electrons. The summed E-state index contributed by atoms with van der Waals surface area (Å²) in [6, 6.07) is 4.64. The smallest absolute Gasteiger partial charge is 0.355 e. The Morgan fingerprint density at radius 1 is 1.12 bits per heavy atom. The summed E-state index contributed by atoms with van der Waals surface area (Å²) in [5.74, 6) is -1.78. The van der Waals surface area contributed by atoms with Crippen molar-refractivity contribution in [1.82, 2.24) is 0 Å². The number of nitrogens with zero attached hydrogens (tertiary/aromatic N) is 2. The van der Waals surface area contributed by atoms with Crippen molar-refractivity contribution in [2.24, 2.45) is 0 Å². The minimum Gasteiger partial charge on any atom is -0.466 e. The zero-order valence-corrected chi connectivity index (χ0v) is 14.8. The molecule has 0 radical (unpaired) electrons.